The molecule has 2 aliphatic heterocycles. The van der Waals surface area contributed by atoms with E-state index in [-0.39, 0.29) is 6.10 Å². The molecule has 2 aromatic rings. The molecular weight excluding hydrogens is 324 g/mol. The van der Waals surface area contributed by atoms with Gasteiger partial charge in [-0.15, -0.1) is 5.10 Å². The second kappa shape index (κ2) is 6.63. The summed E-state index contributed by atoms with van der Waals surface area (Å²) in [6.07, 6.45) is 3.77. The van der Waals surface area contributed by atoms with E-state index < -0.39 is 0 Å². The Labute approximate surface area is 155 Å². The van der Waals surface area contributed by atoms with Gasteiger partial charge >= 0.3 is 0 Å². The molecule has 1 atom stereocenters. The maximum Gasteiger partial charge on any atom is 0.151 e. The molecule has 0 radical (unpaired) electrons. The number of hydrogen-bond acceptors (Lipinski definition) is 5. The lowest BCUT2D eigenvalue weighted by Crippen LogP contribution is -2.59. The van der Waals surface area contributed by atoms with Crippen molar-refractivity contribution in [2.45, 2.75) is 37.3 Å². The van der Waals surface area contributed by atoms with E-state index in [4.69, 9.17) is 4.74 Å². The number of benzene rings is 1. The third-order valence-electron chi connectivity index (χ3n) is 6.02. The summed E-state index contributed by atoms with van der Waals surface area (Å²) < 4.78 is 6.07. The zero-order valence-electron chi connectivity index (χ0n) is 15.3. The number of likely N-dealkylation sites (N-methyl/N-ethyl adjacent to an activating group) is 1. The van der Waals surface area contributed by atoms with Gasteiger partial charge in [0.05, 0.1) is 18.4 Å². The fourth-order valence-corrected chi connectivity index (χ4v) is 4.06. The van der Waals surface area contributed by atoms with Crippen LogP contribution in [0.15, 0.2) is 36.4 Å². The van der Waals surface area contributed by atoms with Crippen LogP contribution in [0.2, 0.25) is 0 Å². The molecule has 26 heavy (non-hydrogen) atoms. The highest BCUT2D eigenvalue weighted by molar-refractivity contribution is 5.42. The molecule has 1 unspecified atom stereocenters. The number of hydrogen-bond donors (Lipinski definition) is 0. The van der Waals surface area contributed by atoms with Gasteiger partial charge in [0.2, 0.25) is 0 Å². The summed E-state index contributed by atoms with van der Waals surface area (Å²) in [5, 5.41) is 8.84. The highest BCUT2D eigenvalue weighted by Crippen LogP contribution is 2.39. The Balaban J connectivity index is 1.17. The van der Waals surface area contributed by atoms with Crippen LogP contribution >= 0.6 is 0 Å². The Morgan fingerprint density at radius 3 is 2.73 bits per heavy atom. The van der Waals surface area contributed by atoms with Crippen molar-refractivity contribution in [3.8, 4) is 0 Å². The predicted octanol–water partition coefficient (Wildman–Crippen LogP) is 2.79. The molecule has 136 valence electrons. The molecule has 0 N–H and O–H groups in total. The molecule has 0 bridgehead atoms. The molecule has 1 saturated carbocycles. The predicted molar refractivity (Wildman–Crippen MR) is 101 cm³/mol. The molecule has 1 aliphatic carbocycles. The van der Waals surface area contributed by atoms with Gasteiger partial charge in [0.1, 0.15) is 0 Å². The van der Waals surface area contributed by atoms with Crippen molar-refractivity contribution in [2.75, 3.05) is 38.2 Å². The number of aromatic nitrogens is 2. The van der Waals surface area contributed by atoms with Crippen LogP contribution in [-0.4, -0.2) is 54.4 Å². The molecule has 5 nitrogen and oxygen atoms in total. The van der Waals surface area contributed by atoms with Crippen LogP contribution in [0.25, 0.3) is 0 Å². The van der Waals surface area contributed by atoms with Gasteiger partial charge in [-0.05, 0) is 49.6 Å². The molecule has 1 saturated heterocycles. The zero-order valence-corrected chi connectivity index (χ0v) is 15.3. The van der Waals surface area contributed by atoms with E-state index in [0.717, 1.165) is 44.2 Å². The molecule has 5 heteroatoms. The normalized spacial score (nSPS) is 23.0. The SMILES string of the molecule is CN(CC1OCCc2ccccc21)C1CN(c2ccc(C3CC3)nn2)C1. The third kappa shape index (κ3) is 3.10. The van der Waals surface area contributed by atoms with E-state index >= 15 is 0 Å². The molecule has 0 amide bonds. The standard InChI is InChI=1S/C21H26N4O/c1-24(14-20-18-5-3-2-4-15(18)10-11-26-20)17-12-25(13-17)21-9-8-19(22-23-21)16-6-7-16/h2-5,8-9,16-17,20H,6-7,10-14H2,1H3. The van der Waals surface area contributed by atoms with Gasteiger partial charge in [0.25, 0.3) is 0 Å². The van der Waals surface area contributed by atoms with Crippen molar-refractivity contribution in [1.29, 1.82) is 0 Å². The molecule has 1 aromatic heterocycles. The van der Waals surface area contributed by atoms with Crippen LogP contribution in [0, 0.1) is 0 Å². The van der Waals surface area contributed by atoms with Gasteiger partial charge in [-0.25, -0.2) is 0 Å². The van der Waals surface area contributed by atoms with Crippen LogP contribution < -0.4 is 4.90 Å². The highest BCUT2D eigenvalue weighted by Gasteiger charge is 2.33. The van der Waals surface area contributed by atoms with Gasteiger partial charge in [-0.3, -0.25) is 4.90 Å². The highest BCUT2D eigenvalue weighted by atomic mass is 16.5. The van der Waals surface area contributed by atoms with Gasteiger partial charge < -0.3 is 9.64 Å². The quantitative estimate of drug-likeness (QED) is 0.829. The summed E-state index contributed by atoms with van der Waals surface area (Å²) in [4.78, 5) is 4.76. The van der Waals surface area contributed by atoms with E-state index in [0.29, 0.717) is 12.0 Å². The van der Waals surface area contributed by atoms with Gasteiger partial charge in [0.15, 0.2) is 5.82 Å². The van der Waals surface area contributed by atoms with Crippen molar-refractivity contribution < 1.29 is 4.74 Å². The molecule has 3 heterocycles. The smallest absolute Gasteiger partial charge is 0.151 e. The van der Waals surface area contributed by atoms with Crippen molar-refractivity contribution in [3.05, 3.63) is 53.2 Å². The topological polar surface area (TPSA) is 41.5 Å². The van der Waals surface area contributed by atoms with Crippen LogP contribution in [0.1, 0.15) is 41.7 Å². The number of nitrogens with zero attached hydrogens (tertiary/aromatic N) is 4. The minimum Gasteiger partial charge on any atom is -0.372 e. The summed E-state index contributed by atoms with van der Waals surface area (Å²) in [5.74, 6) is 1.68. The van der Waals surface area contributed by atoms with Crippen LogP contribution in [0.4, 0.5) is 5.82 Å². The lowest BCUT2D eigenvalue weighted by atomic mass is 9.96. The lowest BCUT2D eigenvalue weighted by Gasteiger charge is -2.45. The first-order valence-corrected chi connectivity index (χ1v) is 9.76. The van der Waals surface area contributed by atoms with Crippen molar-refractivity contribution >= 4 is 5.82 Å². The summed E-state index contributed by atoms with van der Waals surface area (Å²) in [5.41, 5.74) is 3.97. The largest absolute Gasteiger partial charge is 0.372 e. The third-order valence-corrected chi connectivity index (χ3v) is 6.02. The first-order valence-electron chi connectivity index (χ1n) is 9.76. The number of anilines is 1. The fraction of sp³-hybridized carbons (Fsp3) is 0.524. The lowest BCUT2D eigenvalue weighted by molar-refractivity contribution is 0.00997. The second-order valence-electron chi connectivity index (χ2n) is 7.90. The van der Waals surface area contributed by atoms with Gasteiger partial charge in [-0.1, -0.05) is 24.3 Å². The molecule has 0 spiro atoms. The van der Waals surface area contributed by atoms with Crippen molar-refractivity contribution in [1.82, 2.24) is 15.1 Å². The first kappa shape index (κ1) is 16.2. The minimum absolute atomic E-state index is 0.191. The monoisotopic (exact) mass is 350 g/mol. The maximum atomic E-state index is 6.07. The van der Waals surface area contributed by atoms with Gasteiger partial charge in [0, 0.05) is 31.6 Å². The maximum absolute atomic E-state index is 6.07. The van der Waals surface area contributed by atoms with E-state index in [1.165, 1.54) is 24.0 Å². The number of rotatable bonds is 5. The Morgan fingerprint density at radius 1 is 1.12 bits per heavy atom. The van der Waals surface area contributed by atoms with E-state index in [9.17, 15) is 0 Å². The average Bonchev–Trinajstić information content (AvgIpc) is 3.47. The Hall–Kier alpha value is -1.98. The van der Waals surface area contributed by atoms with Crippen LogP contribution in [0.3, 0.4) is 0 Å². The Bertz CT molecular complexity index is 768. The Morgan fingerprint density at radius 2 is 1.96 bits per heavy atom. The first-order chi connectivity index (χ1) is 12.8. The summed E-state index contributed by atoms with van der Waals surface area (Å²) in [7, 11) is 2.21. The molecule has 2 fully saturated rings. The Kier molecular flexibility index (Phi) is 4.14. The van der Waals surface area contributed by atoms with Crippen molar-refractivity contribution in [3.63, 3.8) is 0 Å². The summed E-state index contributed by atoms with van der Waals surface area (Å²) in [6.45, 7) is 3.81. The summed E-state index contributed by atoms with van der Waals surface area (Å²) >= 11 is 0. The van der Waals surface area contributed by atoms with E-state index in [2.05, 4.69) is 63.4 Å². The molecular formula is C21H26N4O. The average molecular weight is 350 g/mol. The number of ether oxygens (including phenoxy) is 1. The van der Waals surface area contributed by atoms with E-state index in [1.54, 1.807) is 0 Å². The van der Waals surface area contributed by atoms with Crippen LogP contribution in [-0.2, 0) is 11.2 Å². The minimum atomic E-state index is 0.191. The second-order valence-corrected chi connectivity index (χ2v) is 7.90. The zero-order chi connectivity index (χ0) is 17.5. The van der Waals surface area contributed by atoms with Crippen LogP contribution in [0.5, 0.6) is 0 Å². The molecule has 5 rings (SSSR count). The summed E-state index contributed by atoms with van der Waals surface area (Å²) in [6, 6.07) is 13.6. The number of fused-ring (bicyclic) bond motifs is 1. The van der Waals surface area contributed by atoms with Gasteiger partial charge in [-0.2, -0.15) is 5.10 Å². The molecule has 1 aromatic carbocycles. The molecule has 3 aliphatic rings. The van der Waals surface area contributed by atoms with E-state index in [1.807, 2.05) is 0 Å². The fourth-order valence-electron chi connectivity index (χ4n) is 4.06. The van der Waals surface area contributed by atoms with Crippen molar-refractivity contribution in [2.24, 2.45) is 0 Å².